The summed E-state index contributed by atoms with van der Waals surface area (Å²) >= 11 is 0. The van der Waals surface area contributed by atoms with Gasteiger partial charge in [0.05, 0.1) is 6.54 Å². The Bertz CT molecular complexity index is 492. The van der Waals surface area contributed by atoms with Crippen LogP contribution in [0.25, 0.3) is 0 Å². The van der Waals surface area contributed by atoms with Gasteiger partial charge in [-0.15, -0.1) is 12.4 Å². The molecular weight excluding hydrogens is 314 g/mol. The first-order valence-corrected chi connectivity index (χ1v) is 7.88. The van der Waals surface area contributed by atoms with Crippen molar-refractivity contribution in [2.45, 2.75) is 40.2 Å². The van der Waals surface area contributed by atoms with Gasteiger partial charge in [-0.3, -0.25) is 9.59 Å². The molecule has 0 saturated carbocycles. The van der Waals surface area contributed by atoms with E-state index in [4.69, 9.17) is 0 Å². The second-order valence-corrected chi connectivity index (χ2v) is 5.69. The summed E-state index contributed by atoms with van der Waals surface area (Å²) in [6.07, 6.45) is 1.29. The molecule has 6 heteroatoms. The van der Waals surface area contributed by atoms with Crippen molar-refractivity contribution in [3.63, 3.8) is 0 Å². The van der Waals surface area contributed by atoms with Crippen LogP contribution in [0.3, 0.4) is 0 Å². The Morgan fingerprint density at radius 3 is 2.48 bits per heavy atom. The van der Waals surface area contributed by atoms with E-state index in [2.05, 4.69) is 29.8 Å². The minimum Gasteiger partial charge on any atom is -0.347 e. The fraction of sp³-hybridized carbons (Fsp3) is 0.529. The molecule has 0 aromatic heterocycles. The number of hydrogen-bond acceptors (Lipinski definition) is 3. The van der Waals surface area contributed by atoms with Crippen LogP contribution in [-0.2, 0) is 16.1 Å². The maximum absolute atomic E-state index is 11.9. The second kappa shape index (κ2) is 11.9. The molecule has 23 heavy (non-hydrogen) atoms. The number of halogens is 1. The first-order chi connectivity index (χ1) is 10.5. The largest absolute Gasteiger partial charge is 0.347 e. The summed E-state index contributed by atoms with van der Waals surface area (Å²) in [5.74, 6) is 0.198. The maximum Gasteiger partial charge on any atom is 0.243 e. The molecule has 0 saturated heterocycles. The lowest BCUT2D eigenvalue weighted by Gasteiger charge is -2.12. The summed E-state index contributed by atoms with van der Waals surface area (Å²) in [7, 11) is 0. The third-order valence-electron chi connectivity index (χ3n) is 3.25. The van der Waals surface area contributed by atoms with E-state index in [0.29, 0.717) is 18.9 Å². The molecule has 5 nitrogen and oxygen atoms in total. The van der Waals surface area contributed by atoms with Gasteiger partial charge in [0.15, 0.2) is 0 Å². The highest BCUT2D eigenvalue weighted by Crippen LogP contribution is 2.14. The van der Waals surface area contributed by atoms with Crippen LogP contribution >= 0.6 is 12.4 Å². The summed E-state index contributed by atoms with van der Waals surface area (Å²) in [6, 6.07) is 7.66. The van der Waals surface area contributed by atoms with Crippen LogP contribution < -0.4 is 16.0 Å². The summed E-state index contributed by atoms with van der Waals surface area (Å²) in [4.78, 5) is 23.5. The molecule has 0 heterocycles. The lowest BCUT2D eigenvalue weighted by Crippen LogP contribution is -2.33. The van der Waals surface area contributed by atoms with Gasteiger partial charge < -0.3 is 16.0 Å². The van der Waals surface area contributed by atoms with Crippen molar-refractivity contribution in [1.29, 1.82) is 0 Å². The van der Waals surface area contributed by atoms with Crippen LogP contribution in [0.1, 0.15) is 39.2 Å². The minimum absolute atomic E-state index is 0. The van der Waals surface area contributed by atoms with E-state index in [1.807, 2.05) is 31.2 Å². The highest BCUT2D eigenvalue weighted by atomic mass is 35.5. The summed E-state index contributed by atoms with van der Waals surface area (Å²) in [5.41, 5.74) is 1.81. The van der Waals surface area contributed by atoms with E-state index in [1.165, 1.54) is 0 Å². The highest BCUT2D eigenvalue weighted by Gasteiger charge is 2.08. The second-order valence-electron chi connectivity index (χ2n) is 5.69. The normalized spacial score (nSPS) is 10.1. The molecule has 0 aliphatic carbocycles. The highest BCUT2D eigenvalue weighted by molar-refractivity contribution is 5.95. The van der Waals surface area contributed by atoms with Crippen molar-refractivity contribution in [1.82, 2.24) is 10.6 Å². The Labute approximate surface area is 145 Å². The fourth-order valence-corrected chi connectivity index (χ4v) is 1.94. The number of para-hydroxylation sites is 1. The third kappa shape index (κ3) is 9.21. The van der Waals surface area contributed by atoms with Crippen molar-refractivity contribution in [2.24, 2.45) is 5.92 Å². The molecule has 0 aliphatic rings. The number of carbonyl (C=O) groups excluding carboxylic acids is 2. The Balaban J connectivity index is 0.00000484. The Morgan fingerprint density at radius 1 is 1.13 bits per heavy atom. The standard InChI is InChI=1S/C17H27N3O2.ClH/c1-4-18-11-14-7-5-6-8-15(14)20-17(22)12-19-16(21)10-9-13(2)3;/h5-8,13,18H,4,9-12H2,1-3H3,(H,19,21)(H,20,22);1H. The molecular formula is C17H28ClN3O2. The molecule has 1 rings (SSSR count). The van der Waals surface area contributed by atoms with Gasteiger partial charge in [0, 0.05) is 18.7 Å². The minimum atomic E-state index is -0.207. The molecule has 3 N–H and O–H groups in total. The molecule has 0 fully saturated rings. The first kappa shape index (κ1) is 21.4. The Hall–Kier alpha value is -1.59. The van der Waals surface area contributed by atoms with Crippen molar-refractivity contribution in [2.75, 3.05) is 18.4 Å². The van der Waals surface area contributed by atoms with E-state index in [9.17, 15) is 9.59 Å². The number of carbonyl (C=O) groups is 2. The van der Waals surface area contributed by atoms with Crippen LogP contribution in [0.4, 0.5) is 5.69 Å². The predicted octanol–water partition coefficient (Wildman–Crippen LogP) is 2.71. The van der Waals surface area contributed by atoms with Crippen LogP contribution in [-0.4, -0.2) is 24.9 Å². The lowest BCUT2D eigenvalue weighted by atomic mass is 10.1. The van der Waals surface area contributed by atoms with Crippen LogP contribution in [0.2, 0.25) is 0 Å². The fourth-order valence-electron chi connectivity index (χ4n) is 1.94. The van der Waals surface area contributed by atoms with Gasteiger partial charge in [-0.2, -0.15) is 0 Å². The number of anilines is 1. The lowest BCUT2D eigenvalue weighted by molar-refractivity contribution is -0.124. The molecule has 1 aromatic carbocycles. The summed E-state index contributed by atoms with van der Waals surface area (Å²) < 4.78 is 0. The number of rotatable bonds is 9. The van der Waals surface area contributed by atoms with Gasteiger partial charge in [-0.05, 0) is 30.5 Å². The van der Waals surface area contributed by atoms with Crippen LogP contribution in [0.5, 0.6) is 0 Å². The summed E-state index contributed by atoms with van der Waals surface area (Å²) in [5, 5.41) is 8.73. The third-order valence-corrected chi connectivity index (χ3v) is 3.25. The molecule has 2 amide bonds. The molecule has 0 spiro atoms. The quantitative estimate of drug-likeness (QED) is 0.646. The number of hydrogen-bond donors (Lipinski definition) is 3. The Morgan fingerprint density at radius 2 is 1.83 bits per heavy atom. The molecule has 0 unspecified atom stereocenters. The van der Waals surface area contributed by atoms with Gasteiger partial charge in [0.1, 0.15) is 0 Å². The van der Waals surface area contributed by atoms with E-state index >= 15 is 0 Å². The zero-order valence-electron chi connectivity index (χ0n) is 14.1. The van der Waals surface area contributed by atoms with Gasteiger partial charge in [-0.25, -0.2) is 0 Å². The number of benzene rings is 1. The van der Waals surface area contributed by atoms with E-state index in [1.54, 1.807) is 0 Å². The van der Waals surface area contributed by atoms with Crippen LogP contribution in [0.15, 0.2) is 24.3 Å². The molecule has 0 aliphatic heterocycles. The van der Waals surface area contributed by atoms with E-state index < -0.39 is 0 Å². The monoisotopic (exact) mass is 341 g/mol. The zero-order chi connectivity index (χ0) is 16.4. The SMILES string of the molecule is CCNCc1ccccc1NC(=O)CNC(=O)CCC(C)C.Cl. The average molecular weight is 342 g/mol. The van der Waals surface area contributed by atoms with Crippen molar-refractivity contribution >= 4 is 29.9 Å². The predicted molar refractivity (Wildman–Crippen MR) is 96.8 cm³/mol. The van der Waals surface area contributed by atoms with E-state index in [0.717, 1.165) is 24.2 Å². The maximum atomic E-state index is 11.9. The molecule has 0 atom stereocenters. The Kier molecular flexibility index (Phi) is 11.1. The van der Waals surface area contributed by atoms with Gasteiger partial charge >= 0.3 is 0 Å². The number of amides is 2. The average Bonchev–Trinajstić information content (AvgIpc) is 2.50. The summed E-state index contributed by atoms with van der Waals surface area (Å²) in [6.45, 7) is 7.75. The van der Waals surface area contributed by atoms with E-state index in [-0.39, 0.29) is 30.8 Å². The van der Waals surface area contributed by atoms with Gasteiger partial charge in [0.2, 0.25) is 11.8 Å². The van der Waals surface area contributed by atoms with Crippen LogP contribution in [0, 0.1) is 5.92 Å². The number of nitrogens with one attached hydrogen (secondary N) is 3. The molecule has 0 bridgehead atoms. The smallest absolute Gasteiger partial charge is 0.243 e. The van der Waals surface area contributed by atoms with Gasteiger partial charge in [0.25, 0.3) is 0 Å². The van der Waals surface area contributed by atoms with Crippen molar-refractivity contribution in [3.05, 3.63) is 29.8 Å². The van der Waals surface area contributed by atoms with Crippen molar-refractivity contribution < 1.29 is 9.59 Å². The topological polar surface area (TPSA) is 70.2 Å². The first-order valence-electron chi connectivity index (χ1n) is 7.88. The zero-order valence-corrected chi connectivity index (χ0v) is 15.0. The molecule has 1 aromatic rings. The van der Waals surface area contributed by atoms with Crippen molar-refractivity contribution in [3.8, 4) is 0 Å². The molecule has 0 radical (unpaired) electrons. The van der Waals surface area contributed by atoms with Gasteiger partial charge in [-0.1, -0.05) is 39.0 Å². The molecule has 130 valence electrons.